The quantitative estimate of drug-likeness (QED) is 0.644. The van der Waals surface area contributed by atoms with Gasteiger partial charge in [-0.25, -0.2) is 9.97 Å². The maximum Gasteiger partial charge on any atom is 0.231 e. The number of hydrogen-bond donors (Lipinski definition) is 0. The molecule has 1 aromatic carbocycles. The third-order valence-electron chi connectivity index (χ3n) is 2.39. The summed E-state index contributed by atoms with van der Waals surface area (Å²) in [5.41, 5.74) is 2.83. The van der Waals surface area contributed by atoms with Crippen LogP contribution in [0.4, 0.5) is 0 Å². The van der Waals surface area contributed by atoms with E-state index in [2.05, 4.69) is 44.7 Å². The van der Waals surface area contributed by atoms with E-state index in [1.807, 2.05) is 18.2 Å². The van der Waals surface area contributed by atoms with Crippen LogP contribution in [0.15, 0.2) is 47.3 Å². The first-order valence-corrected chi connectivity index (χ1v) is 5.87. The van der Waals surface area contributed by atoms with Crippen molar-refractivity contribution in [2.24, 2.45) is 0 Å². The van der Waals surface area contributed by atoms with E-state index >= 15 is 0 Å². The fourth-order valence-electron chi connectivity index (χ4n) is 1.69. The SMILES string of the molecule is Ic1oc2ncncc2c1-c1ccccc1. The van der Waals surface area contributed by atoms with E-state index in [0.717, 1.165) is 20.3 Å². The lowest BCUT2D eigenvalue weighted by Gasteiger charge is -1.97. The van der Waals surface area contributed by atoms with Crippen LogP contribution in [0.2, 0.25) is 0 Å². The maximum absolute atomic E-state index is 5.59. The van der Waals surface area contributed by atoms with Crippen molar-refractivity contribution in [2.45, 2.75) is 0 Å². The van der Waals surface area contributed by atoms with Gasteiger partial charge in [0.15, 0.2) is 3.77 Å². The molecular weight excluding hydrogens is 315 g/mol. The molecule has 0 bridgehead atoms. The monoisotopic (exact) mass is 322 g/mol. The molecule has 3 rings (SSSR count). The molecule has 0 unspecified atom stereocenters. The Kier molecular flexibility index (Phi) is 2.36. The highest BCUT2D eigenvalue weighted by Gasteiger charge is 2.14. The van der Waals surface area contributed by atoms with Crippen molar-refractivity contribution in [1.29, 1.82) is 0 Å². The summed E-state index contributed by atoms with van der Waals surface area (Å²) in [6, 6.07) is 10.1. The van der Waals surface area contributed by atoms with Gasteiger partial charge in [0.05, 0.1) is 5.39 Å². The van der Waals surface area contributed by atoms with Gasteiger partial charge in [-0.1, -0.05) is 30.3 Å². The van der Waals surface area contributed by atoms with Gasteiger partial charge >= 0.3 is 0 Å². The summed E-state index contributed by atoms with van der Waals surface area (Å²) in [5.74, 6) is 0. The Balaban J connectivity index is 2.35. The fourth-order valence-corrected chi connectivity index (χ4v) is 2.50. The topological polar surface area (TPSA) is 38.9 Å². The summed E-state index contributed by atoms with van der Waals surface area (Å²) in [6.45, 7) is 0. The van der Waals surface area contributed by atoms with Crippen LogP contribution >= 0.6 is 22.6 Å². The second-order valence-electron chi connectivity index (χ2n) is 3.36. The van der Waals surface area contributed by atoms with Crippen molar-refractivity contribution in [3.63, 3.8) is 0 Å². The third-order valence-corrected chi connectivity index (χ3v) is 3.15. The molecular formula is C12H7IN2O. The molecule has 0 aliphatic heterocycles. The molecule has 0 N–H and O–H groups in total. The number of nitrogens with zero attached hydrogens (tertiary/aromatic N) is 2. The molecule has 0 radical (unpaired) electrons. The minimum atomic E-state index is 0.637. The van der Waals surface area contributed by atoms with Crippen molar-refractivity contribution in [3.05, 3.63) is 46.6 Å². The average Bonchev–Trinajstić information content (AvgIpc) is 2.66. The van der Waals surface area contributed by atoms with E-state index < -0.39 is 0 Å². The zero-order valence-electron chi connectivity index (χ0n) is 8.22. The van der Waals surface area contributed by atoms with Crippen molar-refractivity contribution < 1.29 is 4.42 Å². The predicted octanol–water partition coefficient (Wildman–Crippen LogP) is 3.49. The van der Waals surface area contributed by atoms with Crippen LogP contribution < -0.4 is 0 Å². The molecule has 3 nitrogen and oxygen atoms in total. The van der Waals surface area contributed by atoms with Gasteiger partial charge < -0.3 is 4.42 Å². The van der Waals surface area contributed by atoms with Crippen LogP contribution in [-0.2, 0) is 0 Å². The van der Waals surface area contributed by atoms with E-state index in [0.29, 0.717) is 5.71 Å². The highest BCUT2D eigenvalue weighted by atomic mass is 127. The lowest BCUT2D eigenvalue weighted by atomic mass is 10.1. The second kappa shape index (κ2) is 3.86. The molecule has 3 aromatic rings. The van der Waals surface area contributed by atoms with Crippen molar-refractivity contribution in [2.75, 3.05) is 0 Å². The standard InChI is InChI=1S/C12H7IN2O/c13-11-10(8-4-2-1-3-5-8)9-6-14-7-15-12(9)16-11/h1-7H. The Morgan fingerprint density at radius 2 is 1.94 bits per heavy atom. The van der Waals surface area contributed by atoms with Crippen molar-refractivity contribution in [3.8, 4) is 11.1 Å². The van der Waals surface area contributed by atoms with Crippen LogP contribution in [0, 0.1) is 3.77 Å². The lowest BCUT2D eigenvalue weighted by molar-refractivity contribution is 0.573. The van der Waals surface area contributed by atoms with E-state index in [1.54, 1.807) is 6.20 Å². The zero-order chi connectivity index (χ0) is 11.0. The van der Waals surface area contributed by atoms with E-state index in [9.17, 15) is 0 Å². The van der Waals surface area contributed by atoms with Crippen LogP contribution in [0.5, 0.6) is 0 Å². The summed E-state index contributed by atoms with van der Waals surface area (Å²) in [6.07, 6.45) is 3.28. The van der Waals surface area contributed by atoms with Gasteiger partial charge in [-0.15, -0.1) is 0 Å². The number of halogens is 1. The highest BCUT2D eigenvalue weighted by molar-refractivity contribution is 14.1. The molecule has 78 valence electrons. The normalized spacial score (nSPS) is 10.8. The smallest absolute Gasteiger partial charge is 0.231 e. The van der Waals surface area contributed by atoms with Gasteiger partial charge in [0.25, 0.3) is 0 Å². The van der Waals surface area contributed by atoms with Crippen LogP contribution in [0.3, 0.4) is 0 Å². The van der Waals surface area contributed by atoms with Gasteiger partial charge in [-0.2, -0.15) is 0 Å². The summed E-state index contributed by atoms with van der Waals surface area (Å²) in [5, 5.41) is 0.957. The van der Waals surface area contributed by atoms with Crippen LogP contribution in [-0.4, -0.2) is 9.97 Å². The molecule has 16 heavy (non-hydrogen) atoms. The average molecular weight is 322 g/mol. The number of aromatic nitrogens is 2. The van der Waals surface area contributed by atoms with Gasteiger partial charge in [0, 0.05) is 34.4 Å². The Morgan fingerprint density at radius 3 is 2.75 bits per heavy atom. The minimum absolute atomic E-state index is 0.637. The van der Waals surface area contributed by atoms with Crippen LogP contribution in [0.1, 0.15) is 0 Å². The molecule has 0 fully saturated rings. The molecule has 2 aromatic heterocycles. The number of rotatable bonds is 1. The first-order valence-electron chi connectivity index (χ1n) is 4.79. The summed E-state index contributed by atoms with van der Waals surface area (Å²) in [4.78, 5) is 8.14. The maximum atomic E-state index is 5.59. The molecule has 0 saturated heterocycles. The third kappa shape index (κ3) is 1.49. The Labute approximate surface area is 106 Å². The molecule has 0 amide bonds. The van der Waals surface area contributed by atoms with Gasteiger partial charge in [0.1, 0.15) is 6.33 Å². The first kappa shape index (κ1) is 9.77. The van der Waals surface area contributed by atoms with Crippen molar-refractivity contribution >= 4 is 33.7 Å². The predicted molar refractivity (Wildman–Crippen MR) is 70.0 cm³/mol. The van der Waals surface area contributed by atoms with E-state index in [1.165, 1.54) is 6.33 Å². The molecule has 0 spiro atoms. The molecule has 4 heteroatoms. The number of hydrogen-bond acceptors (Lipinski definition) is 3. The molecule has 0 atom stereocenters. The Bertz CT molecular complexity index is 634. The zero-order valence-corrected chi connectivity index (χ0v) is 10.4. The minimum Gasteiger partial charge on any atom is -0.431 e. The van der Waals surface area contributed by atoms with Gasteiger partial charge in [-0.05, 0) is 5.56 Å². The summed E-state index contributed by atoms with van der Waals surface area (Å²) in [7, 11) is 0. The summed E-state index contributed by atoms with van der Waals surface area (Å²) >= 11 is 2.18. The lowest BCUT2D eigenvalue weighted by Crippen LogP contribution is -1.79. The fraction of sp³-hybridized carbons (Fsp3) is 0. The largest absolute Gasteiger partial charge is 0.431 e. The van der Waals surface area contributed by atoms with E-state index in [4.69, 9.17) is 4.42 Å². The Hall–Kier alpha value is -1.43. The summed E-state index contributed by atoms with van der Waals surface area (Å²) < 4.78 is 6.44. The molecule has 0 aliphatic carbocycles. The Morgan fingerprint density at radius 1 is 1.12 bits per heavy atom. The molecule has 0 saturated carbocycles. The van der Waals surface area contributed by atoms with E-state index in [-0.39, 0.29) is 0 Å². The van der Waals surface area contributed by atoms with Gasteiger partial charge in [-0.3, -0.25) is 0 Å². The van der Waals surface area contributed by atoms with Crippen molar-refractivity contribution in [1.82, 2.24) is 9.97 Å². The number of benzene rings is 1. The second-order valence-corrected chi connectivity index (χ2v) is 4.34. The molecule has 0 aliphatic rings. The molecule has 2 heterocycles. The van der Waals surface area contributed by atoms with Crippen LogP contribution in [0.25, 0.3) is 22.2 Å². The highest BCUT2D eigenvalue weighted by Crippen LogP contribution is 2.33. The van der Waals surface area contributed by atoms with Gasteiger partial charge in [0.2, 0.25) is 5.71 Å². The number of furan rings is 1. The first-order chi connectivity index (χ1) is 7.86. The number of fused-ring (bicyclic) bond motifs is 1.